The smallest absolute Gasteiger partial charge is 0.252 e. The molecule has 0 saturated carbocycles. The Labute approximate surface area is 136 Å². The van der Waals surface area contributed by atoms with E-state index in [1.807, 2.05) is 6.92 Å². The molecule has 1 saturated heterocycles. The summed E-state index contributed by atoms with van der Waals surface area (Å²) in [6.45, 7) is 4.16. The summed E-state index contributed by atoms with van der Waals surface area (Å²) >= 11 is 9.51. The van der Waals surface area contributed by atoms with Gasteiger partial charge >= 0.3 is 0 Å². The van der Waals surface area contributed by atoms with Crippen molar-refractivity contribution in [3.8, 4) is 0 Å². The van der Waals surface area contributed by atoms with Crippen molar-refractivity contribution in [2.75, 3.05) is 26.2 Å². The Balaban J connectivity index is 2.05. The van der Waals surface area contributed by atoms with E-state index in [9.17, 15) is 8.42 Å². The van der Waals surface area contributed by atoms with Gasteiger partial charge in [0.05, 0.1) is 14.8 Å². The summed E-state index contributed by atoms with van der Waals surface area (Å²) in [5.41, 5.74) is 5.64. The normalized spacial score (nSPS) is 19.9. The molecular formula is C11H16BrN3O2S3. The average molecular weight is 398 g/mol. The summed E-state index contributed by atoms with van der Waals surface area (Å²) in [5, 5.41) is 0. The molecule has 1 aliphatic heterocycles. The number of piperazine rings is 1. The molecule has 0 aliphatic carbocycles. The molecule has 1 aromatic heterocycles. The fourth-order valence-electron chi connectivity index (χ4n) is 2.07. The zero-order chi connectivity index (χ0) is 14.9. The van der Waals surface area contributed by atoms with E-state index in [2.05, 4.69) is 20.8 Å². The highest BCUT2D eigenvalue weighted by Gasteiger charge is 2.31. The molecule has 1 atom stereocenters. The number of rotatable bonds is 4. The number of sulfonamides is 1. The van der Waals surface area contributed by atoms with Crippen LogP contribution in [0.3, 0.4) is 0 Å². The SMILES string of the molecule is CC(C(N)=S)N1CCN(S(=O)(=O)c2ccc(Br)s2)CC1. The Morgan fingerprint density at radius 3 is 2.45 bits per heavy atom. The van der Waals surface area contributed by atoms with Gasteiger partial charge in [0.1, 0.15) is 4.21 Å². The third-order valence-electron chi connectivity index (χ3n) is 3.38. The van der Waals surface area contributed by atoms with E-state index < -0.39 is 10.0 Å². The highest BCUT2D eigenvalue weighted by Crippen LogP contribution is 2.29. The molecule has 1 fully saturated rings. The van der Waals surface area contributed by atoms with Crippen LogP contribution < -0.4 is 5.73 Å². The van der Waals surface area contributed by atoms with Crippen molar-refractivity contribution in [3.05, 3.63) is 15.9 Å². The summed E-state index contributed by atoms with van der Waals surface area (Å²) in [4.78, 5) is 2.56. The Morgan fingerprint density at radius 1 is 1.40 bits per heavy atom. The maximum Gasteiger partial charge on any atom is 0.252 e. The van der Waals surface area contributed by atoms with Crippen LogP contribution >= 0.6 is 39.5 Å². The number of halogens is 1. The van der Waals surface area contributed by atoms with Crippen LogP contribution in [0.4, 0.5) is 0 Å². The van der Waals surface area contributed by atoms with Crippen molar-refractivity contribution in [2.45, 2.75) is 17.2 Å². The predicted octanol–water partition coefficient (Wildman–Crippen LogP) is 1.49. The Morgan fingerprint density at radius 2 is 2.00 bits per heavy atom. The lowest BCUT2D eigenvalue weighted by Gasteiger charge is -2.36. The fourth-order valence-corrected chi connectivity index (χ4v) is 5.81. The monoisotopic (exact) mass is 397 g/mol. The van der Waals surface area contributed by atoms with E-state index in [0.717, 1.165) is 3.79 Å². The van der Waals surface area contributed by atoms with Crippen LogP contribution in [0.15, 0.2) is 20.1 Å². The van der Waals surface area contributed by atoms with Gasteiger partial charge in [-0.2, -0.15) is 4.31 Å². The first kappa shape index (κ1) is 16.3. The van der Waals surface area contributed by atoms with Gasteiger partial charge in [0, 0.05) is 26.2 Å². The highest BCUT2D eigenvalue weighted by atomic mass is 79.9. The topological polar surface area (TPSA) is 66.6 Å². The Hall–Kier alpha value is -0.0600. The van der Waals surface area contributed by atoms with Crippen molar-refractivity contribution < 1.29 is 8.42 Å². The maximum atomic E-state index is 12.5. The summed E-state index contributed by atoms with van der Waals surface area (Å²) in [5.74, 6) is 0. The second-order valence-corrected chi connectivity index (χ2v) is 9.68. The fraction of sp³-hybridized carbons (Fsp3) is 0.545. The molecule has 20 heavy (non-hydrogen) atoms. The molecule has 0 radical (unpaired) electrons. The second-order valence-electron chi connectivity index (χ2n) is 4.58. The van der Waals surface area contributed by atoms with Crippen LogP contribution in [0, 0.1) is 0 Å². The van der Waals surface area contributed by atoms with Gasteiger partial charge in [-0.05, 0) is 35.0 Å². The molecule has 9 heteroatoms. The van der Waals surface area contributed by atoms with Crippen LogP contribution in [0.5, 0.6) is 0 Å². The van der Waals surface area contributed by atoms with E-state index in [1.165, 1.54) is 15.6 Å². The van der Waals surface area contributed by atoms with Crippen molar-refractivity contribution in [1.29, 1.82) is 0 Å². The number of thiocarbonyl (C=S) groups is 1. The second kappa shape index (κ2) is 6.37. The number of hydrogen-bond donors (Lipinski definition) is 1. The van der Waals surface area contributed by atoms with Crippen LogP contribution in [0.2, 0.25) is 0 Å². The number of nitrogens with zero attached hydrogens (tertiary/aromatic N) is 2. The van der Waals surface area contributed by atoms with Crippen LogP contribution in [0.1, 0.15) is 6.92 Å². The first-order chi connectivity index (χ1) is 9.32. The van der Waals surface area contributed by atoms with Crippen LogP contribution in [-0.2, 0) is 10.0 Å². The van der Waals surface area contributed by atoms with Gasteiger partial charge in [-0.1, -0.05) is 12.2 Å². The van der Waals surface area contributed by atoms with Gasteiger partial charge < -0.3 is 5.73 Å². The van der Waals surface area contributed by atoms with Crippen LogP contribution in [0.25, 0.3) is 0 Å². The summed E-state index contributed by atoms with van der Waals surface area (Å²) < 4.78 is 27.6. The first-order valence-corrected chi connectivity index (χ1v) is 9.57. The van der Waals surface area contributed by atoms with Crippen molar-refractivity contribution in [2.24, 2.45) is 5.73 Å². The first-order valence-electron chi connectivity index (χ1n) is 6.11. The zero-order valence-electron chi connectivity index (χ0n) is 11.0. The molecular weight excluding hydrogens is 382 g/mol. The summed E-state index contributed by atoms with van der Waals surface area (Å²) in [6.07, 6.45) is 0. The summed E-state index contributed by atoms with van der Waals surface area (Å²) in [6, 6.07) is 3.39. The van der Waals surface area contributed by atoms with Gasteiger partial charge in [0.2, 0.25) is 0 Å². The molecule has 0 bridgehead atoms. The quantitative estimate of drug-likeness (QED) is 0.779. The Kier molecular flexibility index (Phi) is 5.19. The molecule has 0 amide bonds. The number of nitrogens with two attached hydrogens (primary N) is 1. The summed E-state index contributed by atoms with van der Waals surface area (Å²) in [7, 11) is -3.38. The molecule has 2 N–H and O–H groups in total. The third kappa shape index (κ3) is 3.40. The predicted molar refractivity (Wildman–Crippen MR) is 88.6 cm³/mol. The lowest BCUT2D eigenvalue weighted by molar-refractivity contribution is 0.175. The van der Waals surface area contributed by atoms with E-state index in [0.29, 0.717) is 35.4 Å². The highest BCUT2D eigenvalue weighted by molar-refractivity contribution is 9.11. The van der Waals surface area contributed by atoms with E-state index in [4.69, 9.17) is 18.0 Å². The van der Waals surface area contributed by atoms with Gasteiger partial charge in [0.25, 0.3) is 10.0 Å². The van der Waals surface area contributed by atoms with Gasteiger partial charge in [-0.3, -0.25) is 4.90 Å². The average Bonchev–Trinajstić information content (AvgIpc) is 2.85. The molecule has 112 valence electrons. The van der Waals surface area contributed by atoms with E-state index in [-0.39, 0.29) is 6.04 Å². The zero-order valence-corrected chi connectivity index (χ0v) is 15.0. The van der Waals surface area contributed by atoms with E-state index >= 15 is 0 Å². The van der Waals surface area contributed by atoms with Crippen molar-refractivity contribution in [3.63, 3.8) is 0 Å². The minimum atomic E-state index is -3.38. The maximum absolute atomic E-state index is 12.5. The molecule has 0 aromatic carbocycles. The minimum Gasteiger partial charge on any atom is -0.392 e. The number of thiophene rings is 1. The molecule has 1 aliphatic rings. The number of hydrogen-bond acceptors (Lipinski definition) is 5. The molecule has 5 nitrogen and oxygen atoms in total. The lowest BCUT2D eigenvalue weighted by atomic mass is 10.2. The largest absolute Gasteiger partial charge is 0.392 e. The molecule has 2 rings (SSSR count). The molecule has 1 aromatic rings. The van der Waals surface area contributed by atoms with Crippen molar-refractivity contribution in [1.82, 2.24) is 9.21 Å². The van der Waals surface area contributed by atoms with Gasteiger partial charge in [0.15, 0.2) is 0 Å². The minimum absolute atomic E-state index is 0.00531. The lowest BCUT2D eigenvalue weighted by Crippen LogP contribution is -2.53. The van der Waals surface area contributed by atoms with E-state index in [1.54, 1.807) is 12.1 Å². The van der Waals surface area contributed by atoms with Gasteiger partial charge in [-0.25, -0.2) is 8.42 Å². The Bertz CT molecular complexity index is 594. The molecule has 1 unspecified atom stereocenters. The molecule has 0 spiro atoms. The third-order valence-corrected chi connectivity index (χ3v) is 7.71. The van der Waals surface area contributed by atoms with Crippen molar-refractivity contribution >= 4 is 54.5 Å². The standard InChI is InChI=1S/C11H16BrN3O2S3/c1-8(11(13)18)14-4-6-15(7-5-14)20(16,17)10-3-2-9(12)19-10/h2-3,8H,4-7H2,1H3,(H2,13,18). The van der Waals surface area contributed by atoms with Crippen LogP contribution in [-0.4, -0.2) is 54.8 Å². The van der Waals surface area contributed by atoms with Gasteiger partial charge in [-0.15, -0.1) is 11.3 Å². The molecule has 2 heterocycles.